The number of carboxylic acid groups (broad SMARTS) is 1. The van der Waals surface area contributed by atoms with Crippen LogP contribution in [0.5, 0.6) is 0 Å². The number of ether oxygens (including phenoxy) is 1. The van der Waals surface area contributed by atoms with Gasteiger partial charge in [0.1, 0.15) is 36.3 Å². The molecule has 1 fully saturated rings. The van der Waals surface area contributed by atoms with Gasteiger partial charge in [0.05, 0.1) is 19.5 Å². The van der Waals surface area contributed by atoms with Crippen molar-refractivity contribution >= 4 is 75.1 Å². The number of phosphoric ester groups is 3. The first-order valence-electron chi connectivity index (χ1n) is 17.5. The molecule has 2 aromatic heterocycles. The molecule has 26 nitrogen and oxygen atoms in total. The summed E-state index contributed by atoms with van der Waals surface area (Å²) in [4.78, 5) is 98.0. The number of hydrogen-bond acceptors (Lipinski definition) is 19. The fourth-order valence-electron chi connectivity index (χ4n) is 5.03. The average Bonchev–Trinajstić information content (AvgIpc) is 3.70. The number of aliphatic hydroxyl groups is 2. The van der Waals surface area contributed by atoms with E-state index >= 15 is 0 Å². The summed E-state index contributed by atoms with van der Waals surface area (Å²) in [6, 6.07) is 0. The van der Waals surface area contributed by atoms with E-state index in [0.29, 0.717) is 12.8 Å². The number of carbonyl (C=O) groups is 4. The average molecular weight is 934 g/mol. The number of anilines is 1. The number of phosphoric acid groups is 3. The summed E-state index contributed by atoms with van der Waals surface area (Å²) in [5, 5.41) is 34.8. The number of fused-ring (bicyclic) bond motifs is 1. The van der Waals surface area contributed by atoms with Crippen LogP contribution in [-0.4, -0.2) is 134 Å². The molecule has 0 spiro atoms. The molecule has 0 aliphatic carbocycles. The number of hydrogen-bond donors (Lipinski definition) is 10. The van der Waals surface area contributed by atoms with Crippen LogP contribution in [0.3, 0.4) is 0 Å². The number of carbonyl (C=O) groups excluding carboxylic acids is 3. The van der Waals surface area contributed by atoms with Gasteiger partial charge >= 0.3 is 29.4 Å². The van der Waals surface area contributed by atoms with Crippen LogP contribution >= 0.6 is 35.2 Å². The van der Waals surface area contributed by atoms with Crippen molar-refractivity contribution in [3.8, 4) is 0 Å². The normalized spacial score (nSPS) is 21.2. The van der Waals surface area contributed by atoms with Crippen molar-refractivity contribution in [1.29, 1.82) is 0 Å². The SMILES string of the molecule is CC(C)(COP(=O)(O)OP(=O)(O)OCC1OC(n2cnc3c(N)ncnc32)C(O)C1OP(=O)(O)O)C(O)C(=O)NCCC(=O)NCCSC(=O)CC/C=C/C/C=C/C(=O)O. The van der Waals surface area contributed by atoms with Crippen LogP contribution in [0, 0.1) is 5.41 Å². The highest BCUT2D eigenvalue weighted by Gasteiger charge is 2.50. The number of rotatable bonds is 25. The van der Waals surface area contributed by atoms with Gasteiger partial charge in [-0.2, -0.15) is 4.31 Å². The zero-order chi connectivity index (χ0) is 44.9. The van der Waals surface area contributed by atoms with Crippen molar-refractivity contribution < 1.29 is 90.4 Å². The largest absolute Gasteiger partial charge is 0.481 e. The lowest BCUT2D eigenvalue weighted by atomic mass is 9.87. The van der Waals surface area contributed by atoms with E-state index in [4.69, 9.17) is 24.6 Å². The smallest absolute Gasteiger partial charge is 0.478 e. The summed E-state index contributed by atoms with van der Waals surface area (Å²) in [6.07, 6.45) is 0.0783. The number of thioether (sulfide) groups is 1. The van der Waals surface area contributed by atoms with Crippen molar-refractivity contribution in [2.45, 2.75) is 70.2 Å². The lowest BCUT2D eigenvalue weighted by Gasteiger charge is -2.30. The minimum atomic E-state index is -5.59. The summed E-state index contributed by atoms with van der Waals surface area (Å²) >= 11 is 1.02. The summed E-state index contributed by atoms with van der Waals surface area (Å²) in [5.74, 6) is -2.28. The van der Waals surface area contributed by atoms with Crippen molar-refractivity contribution in [2.75, 3.05) is 37.8 Å². The third-order valence-corrected chi connectivity index (χ3v) is 12.0. The molecule has 3 rings (SSSR count). The van der Waals surface area contributed by atoms with Crippen LogP contribution < -0.4 is 16.4 Å². The van der Waals surface area contributed by atoms with Crippen LogP contribution in [-0.2, 0) is 55.5 Å². The number of imidazole rings is 1. The molecule has 0 aromatic carbocycles. The van der Waals surface area contributed by atoms with Gasteiger partial charge in [0.2, 0.25) is 11.8 Å². The van der Waals surface area contributed by atoms with Gasteiger partial charge in [-0.15, -0.1) is 0 Å². The Kier molecular flexibility index (Phi) is 19.1. The predicted octanol–water partition coefficient (Wildman–Crippen LogP) is 0.0320. The molecule has 0 bridgehead atoms. The van der Waals surface area contributed by atoms with Gasteiger partial charge < -0.3 is 56.0 Å². The number of nitrogens with two attached hydrogens (primary N) is 1. The molecule has 2 aromatic rings. The van der Waals surface area contributed by atoms with Gasteiger partial charge in [-0.25, -0.2) is 33.4 Å². The van der Waals surface area contributed by atoms with E-state index in [1.807, 2.05) is 0 Å². The fraction of sp³-hybridized carbons (Fsp3) is 0.567. The summed E-state index contributed by atoms with van der Waals surface area (Å²) in [7, 11) is -16.4. The summed E-state index contributed by atoms with van der Waals surface area (Å²) < 4.78 is 62.1. The maximum absolute atomic E-state index is 12.7. The first-order chi connectivity index (χ1) is 27.9. The maximum Gasteiger partial charge on any atom is 0.481 e. The standard InChI is InChI=1S/C30H46N7O19P3S/c1-30(2,25(43)28(44)33-11-10-19(38)32-12-13-60-21(41)9-7-5-3-4-6-8-20(39)40)15-53-59(50,51)56-58(48,49)52-14-18-24(55-57(45,46)47)23(42)29(54-18)37-17-36-22-26(31)34-16-35-27(22)37/h3,5-6,8,16-18,23-25,29,42-43H,4,7,9-15H2,1-2H3,(H,32,38)(H,33,44)(H,39,40)(H,48,49)(H,50,51)(H2,31,34,35)(H2,45,46,47)/b5-3+,8-6+. The van der Waals surface area contributed by atoms with Crippen LogP contribution in [0.15, 0.2) is 37.0 Å². The number of aromatic nitrogens is 4. The van der Waals surface area contributed by atoms with Crippen molar-refractivity contribution in [2.24, 2.45) is 5.41 Å². The molecule has 1 aliphatic heterocycles. The molecule has 0 saturated carbocycles. The van der Waals surface area contributed by atoms with Gasteiger partial charge in [-0.1, -0.05) is 43.8 Å². The summed E-state index contributed by atoms with van der Waals surface area (Å²) in [5.41, 5.74) is 4.22. The molecule has 7 atom stereocenters. The molecular weight excluding hydrogens is 887 g/mol. The molecule has 1 saturated heterocycles. The lowest BCUT2D eigenvalue weighted by Crippen LogP contribution is -2.46. The van der Waals surface area contributed by atoms with Crippen LogP contribution in [0.25, 0.3) is 11.2 Å². The first kappa shape index (κ1) is 50.9. The first-order valence-corrected chi connectivity index (χ1v) is 23.0. The number of amides is 2. The molecular formula is C30H46N7O19P3S. The van der Waals surface area contributed by atoms with E-state index < -0.39 is 90.5 Å². The minimum absolute atomic E-state index is 0.0218. The second kappa shape index (κ2) is 22.6. The number of nitrogens with zero attached hydrogens (tertiary/aromatic N) is 4. The van der Waals surface area contributed by atoms with E-state index in [1.165, 1.54) is 19.9 Å². The Morgan fingerprint density at radius 3 is 2.40 bits per heavy atom. The molecule has 60 heavy (non-hydrogen) atoms. The van der Waals surface area contributed by atoms with Crippen LogP contribution in [0.2, 0.25) is 0 Å². The highest BCUT2D eigenvalue weighted by molar-refractivity contribution is 8.13. The molecule has 2 amide bonds. The zero-order valence-electron chi connectivity index (χ0n) is 31.9. The van der Waals surface area contributed by atoms with E-state index in [-0.39, 0.29) is 53.8 Å². The van der Waals surface area contributed by atoms with Crippen LogP contribution in [0.4, 0.5) is 5.82 Å². The number of allylic oxidation sites excluding steroid dienone is 3. The Labute approximate surface area is 345 Å². The predicted molar refractivity (Wildman–Crippen MR) is 207 cm³/mol. The van der Waals surface area contributed by atoms with Gasteiger partial charge in [0, 0.05) is 43.2 Å². The minimum Gasteiger partial charge on any atom is -0.478 e. The molecule has 0 radical (unpaired) electrons. The van der Waals surface area contributed by atoms with Crippen molar-refractivity contribution in [3.63, 3.8) is 0 Å². The Morgan fingerprint density at radius 1 is 1.02 bits per heavy atom. The Bertz CT molecular complexity index is 2030. The van der Waals surface area contributed by atoms with Gasteiger partial charge in [-0.3, -0.25) is 32.5 Å². The number of aliphatic hydroxyl groups excluding tert-OH is 2. The van der Waals surface area contributed by atoms with Crippen LogP contribution in [0.1, 0.15) is 45.8 Å². The van der Waals surface area contributed by atoms with E-state index in [0.717, 1.165) is 35.1 Å². The third kappa shape index (κ3) is 16.8. The third-order valence-electron chi connectivity index (χ3n) is 7.98. The Balaban J connectivity index is 1.42. The van der Waals surface area contributed by atoms with E-state index in [1.54, 1.807) is 12.2 Å². The van der Waals surface area contributed by atoms with Crippen molar-refractivity contribution in [1.82, 2.24) is 30.2 Å². The number of carboxylic acids is 1. The monoisotopic (exact) mass is 933 g/mol. The quantitative estimate of drug-likeness (QED) is 0.0272. The molecule has 11 N–H and O–H groups in total. The molecule has 7 unspecified atom stereocenters. The van der Waals surface area contributed by atoms with Gasteiger partial charge in [0.15, 0.2) is 22.8 Å². The highest BCUT2D eigenvalue weighted by Crippen LogP contribution is 2.61. The Hall–Kier alpha value is -3.49. The number of nitrogens with one attached hydrogen (secondary N) is 2. The summed E-state index contributed by atoms with van der Waals surface area (Å²) in [6.45, 7) is 0.346. The molecule has 3 heterocycles. The Morgan fingerprint density at radius 2 is 1.72 bits per heavy atom. The number of nitrogen functional groups attached to an aromatic ring is 1. The maximum atomic E-state index is 12.7. The second-order valence-electron chi connectivity index (χ2n) is 13.3. The lowest BCUT2D eigenvalue weighted by molar-refractivity contribution is -0.137. The number of aliphatic carboxylic acids is 1. The van der Waals surface area contributed by atoms with Crippen molar-refractivity contribution in [3.05, 3.63) is 37.0 Å². The van der Waals surface area contributed by atoms with E-state index in [9.17, 15) is 62.7 Å². The molecule has 30 heteroatoms. The zero-order valence-corrected chi connectivity index (χ0v) is 35.4. The highest BCUT2D eigenvalue weighted by atomic mass is 32.2. The second-order valence-corrected chi connectivity index (χ2v) is 18.7. The van der Waals surface area contributed by atoms with E-state index in [2.05, 4.69) is 34.4 Å². The van der Waals surface area contributed by atoms with Gasteiger partial charge in [-0.05, 0) is 12.8 Å². The van der Waals surface area contributed by atoms with Gasteiger partial charge in [0.25, 0.3) is 0 Å². The molecule has 1 aliphatic rings. The topological polar surface area (TPSA) is 401 Å². The fourth-order valence-corrected chi connectivity index (χ4v) is 8.55. The molecule has 336 valence electrons.